The highest BCUT2D eigenvalue weighted by Gasteiger charge is 2.35. The maximum atomic E-state index is 5.86. The summed E-state index contributed by atoms with van der Waals surface area (Å²) in [4.78, 5) is 2.43. The van der Waals surface area contributed by atoms with Gasteiger partial charge in [0.25, 0.3) is 0 Å². The van der Waals surface area contributed by atoms with Gasteiger partial charge in [0, 0.05) is 19.1 Å². The average Bonchev–Trinajstić information content (AvgIpc) is 2.17. The molecule has 0 amide bonds. The van der Waals surface area contributed by atoms with Crippen LogP contribution in [-0.4, -0.2) is 44.2 Å². The van der Waals surface area contributed by atoms with Gasteiger partial charge in [-0.15, -0.1) is 0 Å². The summed E-state index contributed by atoms with van der Waals surface area (Å²) in [5.41, 5.74) is 6.32. The Hall–Kier alpha value is -0.120. The molecule has 0 radical (unpaired) electrons. The zero-order chi connectivity index (χ0) is 10.7. The zero-order valence-electron chi connectivity index (χ0n) is 9.97. The van der Waals surface area contributed by atoms with Crippen molar-refractivity contribution >= 4 is 0 Å². The highest BCUT2D eigenvalue weighted by molar-refractivity contribution is 4.92. The summed E-state index contributed by atoms with van der Waals surface area (Å²) in [6.07, 6.45) is 6.72. The second-order valence-corrected chi connectivity index (χ2v) is 5.54. The van der Waals surface area contributed by atoms with Crippen molar-refractivity contribution in [3.8, 4) is 0 Å². The molecule has 0 aromatic rings. The Balaban J connectivity index is 1.72. The molecule has 0 aromatic carbocycles. The number of hydrogen-bond donors (Lipinski definition) is 2. The molecule has 2 aliphatic rings. The first kappa shape index (κ1) is 11.4. The van der Waals surface area contributed by atoms with E-state index in [4.69, 9.17) is 5.73 Å². The minimum atomic E-state index is 0.454. The molecular weight excluding hydrogens is 186 g/mol. The molecular formula is C12H25N3. The molecule has 3 heteroatoms. The van der Waals surface area contributed by atoms with Gasteiger partial charge in [-0.25, -0.2) is 0 Å². The summed E-state index contributed by atoms with van der Waals surface area (Å²) in [5, 5.41) is 3.72. The monoisotopic (exact) mass is 211 g/mol. The van der Waals surface area contributed by atoms with E-state index in [2.05, 4.69) is 17.3 Å². The van der Waals surface area contributed by atoms with Gasteiger partial charge in [-0.1, -0.05) is 6.42 Å². The third-order valence-corrected chi connectivity index (χ3v) is 4.24. The fraction of sp³-hybridized carbons (Fsp3) is 1.00. The average molecular weight is 211 g/mol. The number of likely N-dealkylation sites (tertiary alicyclic amines) is 1. The topological polar surface area (TPSA) is 41.3 Å². The standard InChI is InChI=1S/C12H25N3/c1-15-7-2-4-11(8-15)14-10-12(9-13)5-3-6-12/h11,14H,2-10,13H2,1H3. The van der Waals surface area contributed by atoms with Gasteiger partial charge in [0.05, 0.1) is 0 Å². The van der Waals surface area contributed by atoms with Gasteiger partial charge in [-0.3, -0.25) is 0 Å². The largest absolute Gasteiger partial charge is 0.330 e. The predicted octanol–water partition coefficient (Wildman–Crippen LogP) is 0.799. The number of nitrogens with one attached hydrogen (secondary N) is 1. The molecule has 0 bridgehead atoms. The number of nitrogens with two attached hydrogens (primary N) is 1. The van der Waals surface area contributed by atoms with Gasteiger partial charge in [-0.2, -0.15) is 0 Å². The van der Waals surface area contributed by atoms with E-state index >= 15 is 0 Å². The lowest BCUT2D eigenvalue weighted by molar-refractivity contribution is 0.124. The molecule has 0 spiro atoms. The fourth-order valence-corrected chi connectivity index (χ4v) is 2.82. The van der Waals surface area contributed by atoms with Crippen LogP contribution in [0.3, 0.4) is 0 Å². The molecule has 1 aliphatic heterocycles. The normalized spacial score (nSPS) is 31.2. The van der Waals surface area contributed by atoms with Crippen molar-refractivity contribution in [1.82, 2.24) is 10.2 Å². The van der Waals surface area contributed by atoms with Crippen molar-refractivity contribution < 1.29 is 0 Å². The second kappa shape index (κ2) is 4.81. The quantitative estimate of drug-likeness (QED) is 0.723. The summed E-state index contributed by atoms with van der Waals surface area (Å²) in [6, 6.07) is 0.702. The summed E-state index contributed by atoms with van der Waals surface area (Å²) >= 11 is 0. The van der Waals surface area contributed by atoms with Crippen molar-refractivity contribution in [2.75, 3.05) is 33.2 Å². The molecule has 3 N–H and O–H groups in total. The summed E-state index contributed by atoms with van der Waals surface area (Å²) in [5.74, 6) is 0. The third-order valence-electron chi connectivity index (χ3n) is 4.24. The highest BCUT2D eigenvalue weighted by Crippen LogP contribution is 2.39. The predicted molar refractivity (Wildman–Crippen MR) is 63.9 cm³/mol. The van der Waals surface area contributed by atoms with Gasteiger partial charge in [-0.05, 0) is 51.2 Å². The molecule has 1 saturated heterocycles. The first-order chi connectivity index (χ1) is 7.24. The lowest BCUT2D eigenvalue weighted by atomic mass is 9.68. The lowest BCUT2D eigenvalue weighted by Gasteiger charge is -2.43. The van der Waals surface area contributed by atoms with Crippen LogP contribution in [0.1, 0.15) is 32.1 Å². The SMILES string of the molecule is CN1CCCC(NCC2(CN)CCC2)C1. The Labute approximate surface area is 93.4 Å². The van der Waals surface area contributed by atoms with E-state index in [1.807, 2.05) is 0 Å². The van der Waals surface area contributed by atoms with Crippen LogP contribution in [0.5, 0.6) is 0 Å². The summed E-state index contributed by atoms with van der Waals surface area (Å²) < 4.78 is 0. The van der Waals surface area contributed by atoms with E-state index in [0.717, 1.165) is 13.1 Å². The van der Waals surface area contributed by atoms with Crippen LogP contribution in [-0.2, 0) is 0 Å². The zero-order valence-corrected chi connectivity index (χ0v) is 9.97. The molecule has 1 saturated carbocycles. The summed E-state index contributed by atoms with van der Waals surface area (Å²) in [7, 11) is 2.22. The first-order valence-electron chi connectivity index (χ1n) is 6.36. The van der Waals surface area contributed by atoms with Crippen molar-refractivity contribution in [2.45, 2.75) is 38.1 Å². The molecule has 88 valence electrons. The van der Waals surface area contributed by atoms with Crippen molar-refractivity contribution in [3.63, 3.8) is 0 Å². The Kier molecular flexibility index (Phi) is 3.65. The van der Waals surface area contributed by atoms with Crippen LogP contribution in [0.25, 0.3) is 0 Å². The smallest absolute Gasteiger partial charge is 0.0195 e. The number of hydrogen-bond acceptors (Lipinski definition) is 3. The number of rotatable bonds is 4. The van der Waals surface area contributed by atoms with Crippen LogP contribution in [0.15, 0.2) is 0 Å². The van der Waals surface area contributed by atoms with Gasteiger partial charge < -0.3 is 16.0 Å². The molecule has 1 heterocycles. The van der Waals surface area contributed by atoms with E-state index in [0.29, 0.717) is 11.5 Å². The molecule has 2 rings (SSSR count). The molecule has 15 heavy (non-hydrogen) atoms. The van der Waals surface area contributed by atoms with Crippen molar-refractivity contribution in [1.29, 1.82) is 0 Å². The van der Waals surface area contributed by atoms with Crippen LogP contribution in [0.2, 0.25) is 0 Å². The number of likely N-dealkylation sites (N-methyl/N-ethyl adjacent to an activating group) is 1. The van der Waals surface area contributed by atoms with E-state index in [9.17, 15) is 0 Å². The molecule has 1 unspecified atom stereocenters. The molecule has 1 aliphatic carbocycles. The van der Waals surface area contributed by atoms with Gasteiger partial charge >= 0.3 is 0 Å². The van der Waals surface area contributed by atoms with Gasteiger partial charge in [0.2, 0.25) is 0 Å². The molecule has 2 fully saturated rings. The minimum absolute atomic E-state index is 0.454. The second-order valence-electron chi connectivity index (χ2n) is 5.54. The number of piperidine rings is 1. The van der Waals surface area contributed by atoms with E-state index in [-0.39, 0.29) is 0 Å². The number of nitrogens with zero attached hydrogens (tertiary/aromatic N) is 1. The Bertz CT molecular complexity index is 196. The fourth-order valence-electron chi connectivity index (χ4n) is 2.82. The van der Waals surface area contributed by atoms with Crippen LogP contribution in [0.4, 0.5) is 0 Å². The Morgan fingerprint density at radius 2 is 2.20 bits per heavy atom. The third kappa shape index (κ3) is 2.71. The molecule has 1 atom stereocenters. The van der Waals surface area contributed by atoms with Crippen molar-refractivity contribution in [3.05, 3.63) is 0 Å². The van der Waals surface area contributed by atoms with Crippen LogP contribution >= 0.6 is 0 Å². The summed E-state index contributed by atoms with van der Waals surface area (Å²) in [6.45, 7) is 4.48. The molecule has 3 nitrogen and oxygen atoms in total. The van der Waals surface area contributed by atoms with Gasteiger partial charge in [0.15, 0.2) is 0 Å². The van der Waals surface area contributed by atoms with Crippen LogP contribution in [0, 0.1) is 5.41 Å². The van der Waals surface area contributed by atoms with Crippen LogP contribution < -0.4 is 11.1 Å². The van der Waals surface area contributed by atoms with Crippen molar-refractivity contribution in [2.24, 2.45) is 11.1 Å². The van der Waals surface area contributed by atoms with Gasteiger partial charge in [0.1, 0.15) is 0 Å². The van der Waals surface area contributed by atoms with E-state index in [1.165, 1.54) is 45.2 Å². The first-order valence-corrected chi connectivity index (χ1v) is 6.36. The Morgan fingerprint density at radius 1 is 1.40 bits per heavy atom. The van der Waals surface area contributed by atoms with E-state index < -0.39 is 0 Å². The Morgan fingerprint density at radius 3 is 2.73 bits per heavy atom. The van der Waals surface area contributed by atoms with E-state index in [1.54, 1.807) is 0 Å². The maximum absolute atomic E-state index is 5.86. The lowest BCUT2D eigenvalue weighted by Crippen LogP contribution is -2.51. The highest BCUT2D eigenvalue weighted by atomic mass is 15.1. The molecule has 0 aromatic heterocycles. The maximum Gasteiger partial charge on any atom is 0.0195 e. The minimum Gasteiger partial charge on any atom is -0.330 e.